The third-order valence-corrected chi connectivity index (χ3v) is 4.11. The number of alkyl halides is 2. The fraction of sp³-hybridized carbons (Fsp3) is 0.600. The summed E-state index contributed by atoms with van der Waals surface area (Å²) in [6.07, 6.45) is 1.75. The van der Waals surface area contributed by atoms with E-state index in [1.807, 2.05) is 11.8 Å². The van der Waals surface area contributed by atoms with Gasteiger partial charge in [0.15, 0.2) is 5.65 Å². The first-order valence-electron chi connectivity index (χ1n) is 7.75. The second kappa shape index (κ2) is 6.16. The van der Waals surface area contributed by atoms with Crippen molar-refractivity contribution in [3.8, 4) is 0 Å². The van der Waals surface area contributed by atoms with Gasteiger partial charge in [0.2, 0.25) is 0 Å². The first-order valence-corrected chi connectivity index (χ1v) is 7.75. The van der Waals surface area contributed by atoms with Crippen LogP contribution in [0.15, 0.2) is 12.3 Å². The van der Waals surface area contributed by atoms with Gasteiger partial charge in [-0.25, -0.2) is 13.8 Å². The molecule has 22 heavy (non-hydrogen) atoms. The summed E-state index contributed by atoms with van der Waals surface area (Å²) in [5.41, 5.74) is 6.31. The molecule has 120 valence electrons. The molecular formula is C15H21F2N5. The largest absolute Gasteiger partial charge is 0.356 e. The lowest BCUT2D eigenvalue weighted by Crippen LogP contribution is -2.40. The minimum atomic E-state index is -2.53. The number of pyridine rings is 1. The van der Waals surface area contributed by atoms with E-state index < -0.39 is 6.43 Å². The molecule has 3 rings (SSSR count). The summed E-state index contributed by atoms with van der Waals surface area (Å²) in [6.45, 7) is 4.22. The highest BCUT2D eigenvalue weighted by Gasteiger charge is 2.22. The van der Waals surface area contributed by atoms with Gasteiger partial charge in [-0.3, -0.25) is 4.68 Å². The number of nitrogens with two attached hydrogens (primary N) is 1. The zero-order valence-corrected chi connectivity index (χ0v) is 12.7. The van der Waals surface area contributed by atoms with Crippen LogP contribution in [0.2, 0.25) is 0 Å². The number of aromatic nitrogens is 3. The monoisotopic (exact) mass is 309 g/mol. The summed E-state index contributed by atoms with van der Waals surface area (Å²) in [5, 5.41) is 4.78. The van der Waals surface area contributed by atoms with Gasteiger partial charge in [-0.15, -0.1) is 0 Å². The molecule has 1 aliphatic heterocycles. The number of rotatable bonds is 4. The van der Waals surface area contributed by atoms with Crippen molar-refractivity contribution < 1.29 is 8.78 Å². The summed E-state index contributed by atoms with van der Waals surface area (Å²) in [6, 6.07) is 1.69. The Hall–Kier alpha value is -1.76. The van der Waals surface area contributed by atoms with Crippen molar-refractivity contribution in [2.75, 3.05) is 18.0 Å². The number of halogens is 2. The Morgan fingerprint density at radius 1 is 1.36 bits per heavy atom. The summed E-state index contributed by atoms with van der Waals surface area (Å²) in [5.74, 6) is 0.580. The second-order valence-corrected chi connectivity index (χ2v) is 5.82. The van der Waals surface area contributed by atoms with Crippen LogP contribution >= 0.6 is 0 Å². The standard InChI is InChI=1S/C15H21F2N5/c1-2-5-22-9-12-11(14(16)17)8-13(19-15(12)20-22)21-6-3-10(18)4-7-21/h8-10,14H,2-7,18H2,1H3. The van der Waals surface area contributed by atoms with E-state index in [-0.39, 0.29) is 11.6 Å². The van der Waals surface area contributed by atoms with E-state index in [0.717, 1.165) is 32.4 Å². The average molecular weight is 309 g/mol. The van der Waals surface area contributed by atoms with Crippen LogP contribution in [0.3, 0.4) is 0 Å². The van der Waals surface area contributed by atoms with Gasteiger partial charge in [-0.05, 0) is 25.3 Å². The predicted octanol–water partition coefficient (Wildman–Crippen LogP) is 2.71. The third kappa shape index (κ3) is 2.90. The lowest BCUT2D eigenvalue weighted by molar-refractivity contribution is 0.153. The molecule has 1 fully saturated rings. The zero-order valence-electron chi connectivity index (χ0n) is 12.7. The van der Waals surface area contributed by atoms with E-state index in [9.17, 15) is 8.78 Å². The normalized spacial score (nSPS) is 16.9. The molecule has 0 amide bonds. The maximum absolute atomic E-state index is 13.4. The Balaban J connectivity index is 2.00. The Morgan fingerprint density at radius 3 is 2.73 bits per heavy atom. The van der Waals surface area contributed by atoms with Crippen molar-refractivity contribution in [3.63, 3.8) is 0 Å². The Labute approximate surface area is 128 Å². The van der Waals surface area contributed by atoms with Gasteiger partial charge < -0.3 is 10.6 Å². The van der Waals surface area contributed by atoms with Gasteiger partial charge in [0.25, 0.3) is 6.43 Å². The molecule has 0 saturated carbocycles. The van der Waals surface area contributed by atoms with Crippen LogP contribution < -0.4 is 10.6 Å². The highest BCUT2D eigenvalue weighted by molar-refractivity contribution is 5.81. The molecule has 2 N–H and O–H groups in total. The average Bonchev–Trinajstić information content (AvgIpc) is 2.89. The molecule has 0 bridgehead atoms. The zero-order chi connectivity index (χ0) is 15.7. The van der Waals surface area contributed by atoms with Crippen LogP contribution in [0, 0.1) is 0 Å². The second-order valence-electron chi connectivity index (χ2n) is 5.82. The smallest absolute Gasteiger partial charge is 0.264 e. The van der Waals surface area contributed by atoms with Gasteiger partial charge in [-0.2, -0.15) is 5.10 Å². The molecule has 5 nitrogen and oxygen atoms in total. The van der Waals surface area contributed by atoms with Crippen LogP contribution in [-0.4, -0.2) is 33.9 Å². The number of piperidine rings is 1. The van der Waals surface area contributed by atoms with Gasteiger partial charge in [-0.1, -0.05) is 6.92 Å². The summed E-state index contributed by atoms with van der Waals surface area (Å²) in [7, 11) is 0. The first kappa shape index (κ1) is 15.1. The van der Waals surface area contributed by atoms with Crippen LogP contribution in [-0.2, 0) is 6.54 Å². The van der Waals surface area contributed by atoms with Crippen molar-refractivity contribution in [3.05, 3.63) is 17.8 Å². The summed E-state index contributed by atoms with van der Waals surface area (Å²) < 4.78 is 28.5. The van der Waals surface area contributed by atoms with Crippen molar-refractivity contribution in [2.24, 2.45) is 5.73 Å². The summed E-state index contributed by atoms with van der Waals surface area (Å²) in [4.78, 5) is 6.51. The van der Waals surface area contributed by atoms with E-state index in [1.54, 1.807) is 10.9 Å². The minimum Gasteiger partial charge on any atom is -0.356 e. The Bertz CT molecular complexity index is 647. The van der Waals surface area contributed by atoms with Crippen molar-refractivity contribution in [1.29, 1.82) is 0 Å². The fourth-order valence-electron chi connectivity index (χ4n) is 2.87. The lowest BCUT2D eigenvalue weighted by Gasteiger charge is -2.31. The van der Waals surface area contributed by atoms with Crippen molar-refractivity contribution in [1.82, 2.24) is 14.8 Å². The van der Waals surface area contributed by atoms with Gasteiger partial charge in [0.1, 0.15) is 5.82 Å². The molecule has 0 atom stereocenters. The lowest BCUT2D eigenvalue weighted by atomic mass is 10.1. The highest BCUT2D eigenvalue weighted by Crippen LogP contribution is 2.31. The van der Waals surface area contributed by atoms with Crippen molar-refractivity contribution in [2.45, 2.75) is 45.2 Å². The number of hydrogen-bond acceptors (Lipinski definition) is 4. The molecule has 2 aromatic rings. The molecular weight excluding hydrogens is 288 g/mol. The number of aryl methyl sites for hydroxylation is 1. The van der Waals surface area contributed by atoms with Crippen LogP contribution in [0.25, 0.3) is 11.0 Å². The molecule has 0 radical (unpaired) electrons. The van der Waals surface area contributed by atoms with Crippen LogP contribution in [0.5, 0.6) is 0 Å². The fourth-order valence-corrected chi connectivity index (χ4v) is 2.87. The quantitative estimate of drug-likeness (QED) is 0.943. The van der Waals surface area contributed by atoms with E-state index in [0.29, 0.717) is 23.4 Å². The number of hydrogen-bond donors (Lipinski definition) is 1. The Morgan fingerprint density at radius 2 is 2.09 bits per heavy atom. The van der Waals surface area contributed by atoms with E-state index >= 15 is 0 Å². The van der Waals surface area contributed by atoms with E-state index in [4.69, 9.17) is 5.73 Å². The van der Waals surface area contributed by atoms with Gasteiger partial charge in [0, 0.05) is 42.8 Å². The minimum absolute atomic E-state index is 0.0113. The first-order chi connectivity index (χ1) is 10.6. The molecule has 1 saturated heterocycles. The predicted molar refractivity (Wildman–Crippen MR) is 82.2 cm³/mol. The molecule has 0 aliphatic carbocycles. The number of fused-ring (bicyclic) bond motifs is 1. The molecule has 0 aromatic carbocycles. The maximum Gasteiger partial charge on any atom is 0.264 e. The van der Waals surface area contributed by atoms with Crippen LogP contribution in [0.1, 0.15) is 38.2 Å². The molecule has 7 heteroatoms. The number of nitrogens with zero attached hydrogens (tertiary/aromatic N) is 4. The van der Waals surface area contributed by atoms with E-state index in [2.05, 4.69) is 10.1 Å². The molecule has 3 heterocycles. The maximum atomic E-state index is 13.4. The highest BCUT2D eigenvalue weighted by atomic mass is 19.3. The van der Waals surface area contributed by atoms with E-state index in [1.165, 1.54) is 6.07 Å². The molecule has 0 spiro atoms. The van der Waals surface area contributed by atoms with Gasteiger partial charge >= 0.3 is 0 Å². The number of anilines is 1. The molecule has 1 aliphatic rings. The Kier molecular flexibility index (Phi) is 4.24. The topological polar surface area (TPSA) is 60.0 Å². The SMILES string of the molecule is CCCn1cc2c(C(F)F)cc(N3CCC(N)CC3)nc2n1. The van der Waals surface area contributed by atoms with Crippen molar-refractivity contribution >= 4 is 16.9 Å². The van der Waals surface area contributed by atoms with Gasteiger partial charge in [0.05, 0.1) is 0 Å². The molecule has 0 unspecified atom stereocenters. The molecule has 2 aromatic heterocycles. The third-order valence-electron chi connectivity index (χ3n) is 4.11. The summed E-state index contributed by atoms with van der Waals surface area (Å²) >= 11 is 0. The van der Waals surface area contributed by atoms with Crippen LogP contribution in [0.4, 0.5) is 14.6 Å².